The van der Waals surface area contributed by atoms with Crippen LogP contribution in [-0.4, -0.2) is 48.9 Å². The number of amides is 1. The molecule has 0 aromatic rings. The lowest BCUT2D eigenvalue weighted by Gasteiger charge is -2.39. The zero-order chi connectivity index (χ0) is 13.9. The monoisotopic (exact) mass is 246 g/mol. The van der Waals surface area contributed by atoms with Gasteiger partial charge >= 0.3 is 6.09 Å². The molecule has 0 spiro atoms. The first-order valence-corrected chi connectivity index (χ1v) is 5.78. The number of nitrogens with two attached hydrogens (primary N) is 1. The summed E-state index contributed by atoms with van der Waals surface area (Å²) in [6, 6.07) is -0.174. The molecule has 0 aliphatic carbocycles. The van der Waals surface area contributed by atoms with Crippen LogP contribution in [0.25, 0.3) is 0 Å². The summed E-state index contributed by atoms with van der Waals surface area (Å²) in [7, 11) is 3.28. The van der Waals surface area contributed by atoms with Crippen molar-refractivity contribution in [3.63, 3.8) is 0 Å². The van der Waals surface area contributed by atoms with Gasteiger partial charge < -0.3 is 20.1 Å². The number of carbonyl (C=O) groups excluding carboxylic acids is 1. The van der Waals surface area contributed by atoms with E-state index in [2.05, 4.69) is 0 Å². The number of carbonyl (C=O) groups is 1. The van der Waals surface area contributed by atoms with E-state index in [4.69, 9.17) is 15.2 Å². The fourth-order valence-corrected chi connectivity index (χ4v) is 1.33. The largest absolute Gasteiger partial charge is 0.444 e. The Balaban J connectivity index is 4.70. The molecule has 2 N–H and O–H groups in total. The van der Waals surface area contributed by atoms with Gasteiger partial charge in [0.15, 0.2) is 0 Å². The molecule has 5 nitrogen and oxygen atoms in total. The van der Waals surface area contributed by atoms with Crippen molar-refractivity contribution in [2.45, 2.75) is 51.9 Å². The maximum atomic E-state index is 11.9. The minimum Gasteiger partial charge on any atom is -0.444 e. The predicted molar refractivity (Wildman–Crippen MR) is 67.9 cm³/mol. The third kappa shape index (κ3) is 4.52. The Kier molecular flexibility index (Phi) is 5.42. The van der Waals surface area contributed by atoms with E-state index in [0.29, 0.717) is 6.54 Å². The van der Waals surface area contributed by atoms with E-state index in [1.807, 2.05) is 34.6 Å². The lowest BCUT2D eigenvalue weighted by molar-refractivity contribution is -0.0537. The van der Waals surface area contributed by atoms with Crippen LogP contribution in [0.4, 0.5) is 4.79 Å². The third-order valence-corrected chi connectivity index (χ3v) is 3.02. The molecule has 0 aliphatic heterocycles. The summed E-state index contributed by atoms with van der Waals surface area (Å²) in [6.45, 7) is 9.60. The van der Waals surface area contributed by atoms with Crippen LogP contribution in [0.1, 0.15) is 34.6 Å². The van der Waals surface area contributed by atoms with Crippen LogP contribution in [0.3, 0.4) is 0 Å². The smallest absolute Gasteiger partial charge is 0.410 e. The Labute approximate surface area is 104 Å². The molecule has 0 saturated carbocycles. The molecule has 0 aromatic carbocycles. The number of hydrogen-bond acceptors (Lipinski definition) is 4. The van der Waals surface area contributed by atoms with Crippen LogP contribution in [-0.2, 0) is 9.47 Å². The molecule has 0 bridgehead atoms. The van der Waals surface area contributed by atoms with Crippen LogP contribution in [0.2, 0.25) is 0 Å². The highest BCUT2D eigenvalue weighted by molar-refractivity contribution is 5.68. The molecular weight excluding hydrogens is 220 g/mol. The van der Waals surface area contributed by atoms with Crippen molar-refractivity contribution in [2.24, 2.45) is 5.73 Å². The molecule has 0 rings (SSSR count). The Morgan fingerprint density at radius 3 is 2.12 bits per heavy atom. The number of nitrogens with zero attached hydrogens (tertiary/aromatic N) is 1. The molecule has 102 valence electrons. The van der Waals surface area contributed by atoms with E-state index < -0.39 is 11.2 Å². The van der Waals surface area contributed by atoms with Gasteiger partial charge in [0.2, 0.25) is 0 Å². The first-order chi connectivity index (χ1) is 7.57. The number of hydrogen-bond donors (Lipinski definition) is 1. The molecular formula is C12H26N2O3. The lowest BCUT2D eigenvalue weighted by atomic mass is 9.97. The van der Waals surface area contributed by atoms with Gasteiger partial charge in [-0.3, -0.25) is 0 Å². The summed E-state index contributed by atoms with van der Waals surface area (Å²) in [5, 5.41) is 0. The van der Waals surface area contributed by atoms with Gasteiger partial charge in [-0.2, -0.15) is 0 Å². The van der Waals surface area contributed by atoms with E-state index in [0.717, 1.165) is 0 Å². The molecule has 17 heavy (non-hydrogen) atoms. The summed E-state index contributed by atoms with van der Waals surface area (Å²) in [5.74, 6) is 0. The van der Waals surface area contributed by atoms with Crippen molar-refractivity contribution >= 4 is 6.09 Å². The average molecular weight is 246 g/mol. The fourth-order valence-electron chi connectivity index (χ4n) is 1.33. The van der Waals surface area contributed by atoms with E-state index in [-0.39, 0.29) is 12.1 Å². The SMILES string of the molecule is COC(C)(CN)C(C)N(C)C(=O)OC(C)(C)C. The standard InChI is InChI=1S/C12H26N2O3/c1-9(12(5,8-13)16-7)14(6)10(15)17-11(2,3)4/h9H,8,13H2,1-7H3. The Morgan fingerprint density at radius 1 is 1.35 bits per heavy atom. The lowest BCUT2D eigenvalue weighted by Crippen LogP contribution is -2.55. The summed E-state index contributed by atoms with van der Waals surface area (Å²) in [6.07, 6.45) is -0.373. The van der Waals surface area contributed by atoms with Gasteiger partial charge in [-0.25, -0.2) is 4.79 Å². The molecule has 0 saturated heterocycles. The van der Waals surface area contributed by atoms with Crippen LogP contribution >= 0.6 is 0 Å². The van der Waals surface area contributed by atoms with Crippen LogP contribution in [0, 0.1) is 0 Å². The second-order valence-electron chi connectivity index (χ2n) is 5.49. The Hall–Kier alpha value is -0.810. The van der Waals surface area contributed by atoms with E-state index in [1.165, 1.54) is 4.90 Å². The maximum Gasteiger partial charge on any atom is 0.410 e. The van der Waals surface area contributed by atoms with Crippen molar-refractivity contribution in [1.82, 2.24) is 4.90 Å². The van der Waals surface area contributed by atoms with Crippen molar-refractivity contribution in [1.29, 1.82) is 0 Å². The number of rotatable bonds is 4. The average Bonchev–Trinajstić information content (AvgIpc) is 2.23. The number of methoxy groups -OCH3 is 1. The molecule has 1 amide bonds. The number of ether oxygens (including phenoxy) is 2. The van der Waals surface area contributed by atoms with Gasteiger partial charge in [-0.1, -0.05) is 0 Å². The molecule has 0 heterocycles. The van der Waals surface area contributed by atoms with Crippen LogP contribution < -0.4 is 5.73 Å². The Bertz CT molecular complexity index is 257. The van der Waals surface area contributed by atoms with E-state index in [1.54, 1.807) is 14.2 Å². The minimum absolute atomic E-state index is 0.174. The molecule has 5 heteroatoms. The normalized spacial score (nSPS) is 17.2. The van der Waals surface area contributed by atoms with E-state index in [9.17, 15) is 4.79 Å². The second-order valence-corrected chi connectivity index (χ2v) is 5.49. The van der Waals surface area contributed by atoms with Crippen molar-refractivity contribution < 1.29 is 14.3 Å². The molecule has 2 atom stereocenters. The van der Waals surface area contributed by atoms with Gasteiger partial charge in [0.25, 0.3) is 0 Å². The number of likely N-dealkylation sites (N-methyl/N-ethyl adjacent to an activating group) is 1. The van der Waals surface area contributed by atoms with Crippen molar-refractivity contribution in [2.75, 3.05) is 20.7 Å². The maximum absolute atomic E-state index is 11.9. The van der Waals surface area contributed by atoms with Crippen molar-refractivity contribution in [3.8, 4) is 0 Å². The molecule has 0 fully saturated rings. The first kappa shape index (κ1) is 16.2. The highest BCUT2D eigenvalue weighted by atomic mass is 16.6. The van der Waals surface area contributed by atoms with Gasteiger partial charge in [-0.05, 0) is 34.6 Å². The summed E-state index contributed by atoms with van der Waals surface area (Å²) < 4.78 is 10.7. The zero-order valence-corrected chi connectivity index (χ0v) is 12.0. The summed E-state index contributed by atoms with van der Waals surface area (Å²) >= 11 is 0. The van der Waals surface area contributed by atoms with Crippen molar-refractivity contribution in [3.05, 3.63) is 0 Å². The van der Waals surface area contributed by atoms with Crippen LogP contribution in [0.5, 0.6) is 0 Å². The van der Waals surface area contributed by atoms with Gasteiger partial charge in [0.05, 0.1) is 11.6 Å². The molecule has 2 unspecified atom stereocenters. The van der Waals surface area contributed by atoms with Gasteiger partial charge in [-0.15, -0.1) is 0 Å². The molecule has 0 aliphatic rings. The minimum atomic E-state index is -0.578. The Morgan fingerprint density at radius 2 is 1.82 bits per heavy atom. The zero-order valence-electron chi connectivity index (χ0n) is 12.0. The third-order valence-electron chi connectivity index (χ3n) is 3.02. The predicted octanol–water partition coefficient (Wildman–Crippen LogP) is 1.61. The highest BCUT2D eigenvalue weighted by Crippen LogP contribution is 2.20. The fraction of sp³-hybridized carbons (Fsp3) is 0.917. The molecule has 0 radical (unpaired) electrons. The highest BCUT2D eigenvalue weighted by Gasteiger charge is 2.36. The molecule has 0 aromatic heterocycles. The van der Waals surface area contributed by atoms with Crippen LogP contribution in [0.15, 0.2) is 0 Å². The van der Waals surface area contributed by atoms with E-state index >= 15 is 0 Å². The summed E-state index contributed by atoms with van der Waals surface area (Å²) in [4.78, 5) is 13.4. The quantitative estimate of drug-likeness (QED) is 0.818. The summed E-state index contributed by atoms with van der Waals surface area (Å²) in [5.41, 5.74) is 4.60. The topological polar surface area (TPSA) is 64.8 Å². The first-order valence-electron chi connectivity index (χ1n) is 5.78. The van der Waals surface area contributed by atoms with Gasteiger partial charge in [0.1, 0.15) is 5.60 Å². The van der Waals surface area contributed by atoms with Gasteiger partial charge in [0, 0.05) is 20.7 Å². The second kappa shape index (κ2) is 5.69.